The van der Waals surface area contributed by atoms with Crippen LogP contribution in [0.2, 0.25) is 0 Å². The third-order valence-electron chi connectivity index (χ3n) is 2.68. The van der Waals surface area contributed by atoms with E-state index in [1.54, 1.807) is 11.8 Å². The maximum Gasteiger partial charge on any atom is 0.226 e. The van der Waals surface area contributed by atoms with Gasteiger partial charge < -0.3 is 10.6 Å². The number of amides is 2. The predicted octanol–water partition coefficient (Wildman–Crippen LogP) is 3.31. The molecule has 2 aromatic heterocycles. The zero-order valence-corrected chi connectivity index (χ0v) is 15.4. The molecule has 0 saturated carbocycles. The van der Waals surface area contributed by atoms with Crippen LogP contribution >= 0.6 is 34.4 Å². The van der Waals surface area contributed by atoms with Crippen LogP contribution in [-0.2, 0) is 9.59 Å². The molecule has 0 saturated heterocycles. The largest absolute Gasteiger partial charge is 0.302 e. The summed E-state index contributed by atoms with van der Waals surface area (Å²) in [4.78, 5) is 31.8. The molecule has 0 atom stereocenters. The second-order valence-corrected chi connectivity index (χ2v) is 7.74. The van der Waals surface area contributed by atoms with Gasteiger partial charge in [-0.05, 0) is 13.8 Å². The first kappa shape index (κ1) is 17.9. The number of nitrogens with one attached hydrogen (secondary N) is 2. The second-order valence-electron chi connectivity index (χ2n) is 4.80. The fourth-order valence-electron chi connectivity index (χ4n) is 1.62. The summed E-state index contributed by atoms with van der Waals surface area (Å²) in [6.07, 6.45) is 0.827. The van der Waals surface area contributed by atoms with Gasteiger partial charge in [0, 0.05) is 35.1 Å². The van der Waals surface area contributed by atoms with E-state index in [4.69, 9.17) is 0 Å². The quantitative estimate of drug-likeness (QED) is 0.697. The van der Waals surface area contributed by atoms with E-state index in [1.807, 2.05) is 24.6 Å². The van der Waals surface area contributed by atoms with Gasteiger partial charge in [0.05, 0.1) is 11.4 Å². The number of aryl methyl sites for hydroxylation is 2. The average Bonchev–Trinajstić information content (AvgIpc) is 3.07. The summed E-state index contributed by atoms with van der Waals surface area (Å²) in [5, 5.41) is 10.6. The van der Waals surface area contributed by atoms with Gasteiger partial charge in [-0.3, -0.25) is 9.59 Å². The van der Waals surface area contributed by atoms with Gasteiger partial charge >= 0.3 is 0 Å². The van der Waals surface area contributed by atoms with Gasteiger partial charge in [0.1, 0.15) is 0 Å². The van der Waals surface area contributed by atoms with Gasteiger partial charge in [0.15, 0.2) is 10.3 Å². The molecule has 0 aliphatic heterocycles. The summed E-state index contributed by atoms with van der Waals surface area (Å²) in [6.45, 7) is 3.78. The van der Waals surface area contributed by atoms with Crippen LogP contribution in [0.25, 0.3) is 0 Å². The molecule has 23 heavy (non-hydrogen) atoms. The van der Waals surface area contributed by atoms with Crippen LogP contribution in [0.1, 0.15) is 24.2 Å². The molecule has 0 fully saturated rings. The molecule has 2 N–H and O–H groups in total. The van der Waals surface area contributed by atoms with Crippen molar-refractivity contribution in [2.45, 2.75) is 26.7 Å². The van der Waals surface area contributed by atoms with Crippen LogP contribution in [-0.4, -0.2) is 33.3 Å². The number of anilines is 2. The molecule has 9 heteroatoms. The van der Waals surface area contributed by atoms with Crippen molar-refractivity contribution in [3.63, 3.8) is 0 Å². The molecule has 2 aromatic rings. The Labute approximate surface area is 147 Å². The van der Waals surface area contributed by atoms with Crippen LogP contribution in [0.15, 0.2) is 10.8 Å². The normalized spacial score (nSPS) is 10.5. The standard InChI is InChI=1S/C14H18N4O2S3/c1-9-7-22-13(15-9)17-11(19)3-5-21-6-4-12(20)18-14-16-10(2)8-23-14/h7-8H,3-6H2,1-2H3,(H,15,17,19)(H,16,18,20). The van der Waals surface area contributed by atoms with Crippen LogP contribution < -0.4 is 10.6 Å². The maximum atomic E-state index is 11.7. The molecule has 2 amide bonds. The molecule has 6 nitrogen and oxygen atoms in total. The van der Waals surface area contributed by atoms with E-state index >= 15 is 0 Å². The first-order valence-corrected chi connectivity index (χ1v) is 9.96. The van der Waals surface area contributed by atoms with E-state index in [0.29, 0.717) is 34.6 Å². The lowest BCUT2D eigenvalue weighted by Crippen LogP contribution is -2.13. The van der Waals surface area contributed by atoms with Crippen molar-refractivity contribution in [3.8, 4) is 0 Å². The number of rotatable bonds is 8. The van der Waals surface area contributed by atoms with Crippen LogP contribution in [0.5, 0.6) is 0 Å². The highest BCUT2D eigenvalue weighted by Crippen LogP contribution is 2.16. The highest BCUT2D eigenvalue weighted by molar-refractivity contribution is 7.99. The minimum absolute atomic E-state index is 0.0467. The van der Waals surface area contributed by atoms with Gasteiger partial charge in [0.25, 0.3) is 0 Å². The second kappa shape index (κ2) is 8.99. The molecule has 0 aliphatic carbocycles. The van der Waals surface area contributed by atoms with Crippen molar-refractivity contribution in [1.82, 2.24) is 9.97 Å². The number of carbonyl (C=O) groups is 2. The SMILES string of the molecule is Cc1csc(NC(=O)CCSCCC(=O)Nc2nc(C)cs2)n1. The zero-order chi connectivity index (χ0) is 16.7. The lowest BCUT2D eigenvalue weighted by Gasteiger charge is -2.03. The molecule has 0 radical (unpaired) electrons. The number of thioether (sulfide) groups is 1. The van der Waals surface area contributed by atoms with Crippen molar-refractivity contribution < 1.29 is 9.59 Å². The number of hydrogen-bond donors (Lipinski definition) is 2. The molecule has 0 bridgehead atoms. The molecule has 0 aliphatic rings. The van der Waals surface area contributed by atoms with Gasteiger partial charge in [-0.15, -0.1) is 22.7 Å². The summed E-state index contributed by atoms with van der Waals surface area (Å²) < 4.78 is 0. The van der Waals surface area contributed by atoms with Crippen LogP contribution in [0, 0.1) is 13.8 Å². The summed E-state index contributed by atoms with van der Waals surface area (Å²) in [6, 6.07) is 0. The molecule has 0 aromatic carbocycles. The summed E-state index contributed by atoms with van der Waals surface area (Å²) in [7, 11) is 0. The van der Waals surface area contributed by atoms with Gasteiger partial charge in [-0.25, -0.2) is 9.97 Å². The van der Waals surface area contributed by atoms with E-state index in [9.17, 15) is 9.59 Å². The lowest BCUT2D eigenvalue weighted by molar-refractivity contribution is -0.116. The van der Waals surface area contributed by atoms with E-state index < -0.39 is 0 Å². The van der Waals surface area contributed by atoms with Crippen molar-refractivity contribution in [3.05, 3.63) is 22.1 Å². The van der Waals surface area contributed by atoms with Crippen molar-refractivity contribution in [2.24, 2.45) is 0 Å². The molecule has 2 rings (SSSR count). The van der Waals surface area contributed by atoms with E-state index in [1.165, 1.54) is 22.7 Å². The third-order valence-corrected chi connectivity index (χ3v) is 5.41. The Bertz CT molecular complexity index is 612. The number of nitrogens with zero attached hydrogens (tertiary/aromatic N) is 2. The zero-order valence-electron chi connectivity index (χ0n) is 12.9. The maximum absolute atomic E-state index is 11.7. The molecule has 124 valence electrons. The number of thiazole rings is 2. The van der Waals surface area contributed by atoms with Gasteiger partial charge in [-0.2, -0.15) is 11.8 Å². The van der Waals surface area contributed by atoms with E-state index in [-0.39, 0.29) is 11.8 Å². The first-order valence-electron chi connectivity index (χ1n) is 7.04. The fourth-order valence-corrected chi connectivity index (χ4v) is 3.89. The molecule has 0 spiro atoms. The minimum Gasteiger partial charge on any atom is -0.302 e. The first-order chi connectivity index (χ1) is 11.0. The number of hydrogen-bond acceptors (Lipinski definition) is 7. The van der Waals surface area contributed by atoms with E-state index in [2.05, 4.69) is 20.6 Å². The molecule has 2 heterocycles. The lowest BCUT2D eigenvalue weighted by atomic mass is 10.4. The Morgan fingerprint density at radius 1 is 0.957 bits per heavy atom. The summed E-state index contributed by atoms with van der Waals surface area (Å²) >= 11 is 4.43. The molecule has 0 unspecified atom stereocenters. The Morgan fingerprint density at radius 2 is 1.39 bits per heavy atom. The van der Waals surface area contributed by atoms with Crippen LogP contribution in [0.4, 0.5) is 10.3 Å². The van der Waals surface area contributed by atoms with Crippen molar-refractivity contribution in [1.29, 1.82) is 0 Å². The summed E-state index contributed by atoms with van der Waals surface area (Å²) in [5.41, 5.74) is 1.81. The minimum atomic E-state index is -0.0467. The third kappa shape index (κ3) is 6.67. The predicted molar refractivity (Wildman–Crippen MR) is 97.5 cm³/mol. The molecular weight excluding hydrogens is 352 g/mol. The van der Waals surface area contributed by atoms with Crippen molar-refractivity contribution in [2.75, 3.05) is 22.1 Å². The molecular formula is C14H18N4O2S3. The van der Waals surface area contributed by atoms with E-state index in [0.717, 1.165) is 11.4 Å². The van der Waals surface area contributed by atoms with Gasteiger partial charge in [0.2, 0.25) is 11.8 Å². The Kier molecular flexibility index (Phi) is 7.00. The topological polar surface area (TPSA) is 84.0 Å². The Balaban J connectivity index is 1.55. The summed E-state index contributed by atoms with van der Waals surface area (Å²) in [5.74, 6) is 1.27. The van der Waals surface area contributed by atoms with Gasteiger partial charge in [-0.1, -0.05) is 0 Å². The average molecular weight is 371 g/mol. The van der Waals surface area contributed by atoms with Crippen molar-refractivity contribution >= 4 is 56.5 Å². The highest BCUT2D eigenvalue weighted by atomic mass is 32.2. The smallest absolute Gasteiger partial charge is 0.226 e. The monoisotopic (exact) mass is 370 g/mol. The Hall–Kier alpha value is -1.45. The number of aromatic nitrogens is 2. The fraction of sp³-hybridized carbons (Fsp3) is 0.429. The van der Waals surface area contributed by atoms with Crippen LogP contribution in [0.3, 0.4) is 0 Å². The number of carbonyl (C=O) groups excluding carboxylic acids is 2. The Morgan fingerprint density at radius 3 is 1.74 bits per heavy atom. The highest BCUT2D eigenvalue weighted by Gasteiger charge is 2.07.